The Bertz CT molecular complexity index is 542. The summed E-state index contributed by atoms with van der Waals surface area (Å²) < 4.78 is 40.5. The Labute approximate surface area is 120 Å². The number of halogens is 4. The maximum Gasteiger partial charge on any atom is 0.416 e. The topological polar surface area (TPSA) is 0 Å². The molecule has 0 spiro atoms. The van der Waals surface area contributed by atoms with Gasteiger partial charge in [-0.25, -0.2) is 0 Å². The maximum atomic E-state index is 12.4. The second kappa shape index (κ2) is 6.23. The van der Waals surface area contributed by atoms with Crippen molar-refractivity contribution in [3.63, 3.8) is 0 Å². The van der Waals surface area contributed by atoms with E-state index in [9.17, 15) is 13.2 Å². The van der Waals surface area contributed by atoms with Crippen LogP contribution in [0.2, 0.25) is 0 Å². The molecular formula is C15H11F3I+. The van der Waals surface area contributed by atoms with Crippen LogP contribution >= 0.6 is 0 Å². The normalized spacial score (nSPS) is 11.9. The summed E-state index contributed by atoms with van der Waals surface area (Å²) in [7, 11) is 0. The number of alkyl halides is 3. The van der Waals surface area contributed by atoms with Crippen LogP contribution in [-0.2, 0) is 6.18 Å². The Balaban J connectivity index is 2.00. The first kappa shape index (κ1) is 14.1. The van der Waals surface area contributed by atoms with Crippen molar-refractivity contribution in [2.24, 2.45) is 0 Å². The third-order valence-corrected chi connectivity index (χ3v) is 4.57. The van der Waals surface area contributed by atoms with E-state index in [-0.39, 0.29) is 21.2 Å². The highest BCUT2D eigenvalue weighted by molar-refractivity contribution is 5.48. The predicted molar refractivity (Wildman–Crippen MR) is 65.6 cm³/mol. The van der Waals surface area contributed by atoms with Gasteiger partial charge in [-0.3, -0.25) is 0 Å². The van der Waals surface area contributed by atoms with Crippen LogP contribution in [0.15, 0.2) is 58.7 Å². The van der Waals surface area contributed by atoms with Crippen molar-refractivity contribution >= 4 is 6.08 Å². The Hall–Kier alpha value is -1.30. The van der Waals surface area contributed by atoms with Gasteiger partial charge in [0.2, 0.25) is 0 Å². The van der Waals surface area contributed by atoms with Crippen molar-refractivity contribution in [1.29, 1.82) is 0 Å². The molecule has 19 heavy (non-hydrogen) atoms. The lowest BCUT2D eigenvalue weighted by atomic mass is 10.1. The van der Waals surface area contributed by atoms with Gasteiger partial charge >= 0.3 is 27.4 Å². The molecule has 0 aliphatic heterocycles. The molecule has 0 aromatic heterocycles. The molecule has 0 bridgehead atoms. The van der Waals surface area contributed by atoms with Crippen LogP contribution in [0, 0.1) is 3.57 Å². The van der Waals surface area contributed by atoms with Crippen LogP contribution in [0.4, 0.5) is 13.2 Å². The van der Waals surface area contributed by atoms with Crippen LogP contribution in [0.3, 0.4) is 0 Å². The van der Waals surface area contributed by atoms with Crippen LogP contribution in [-0.4, -0.2) is 0 Å². The molecule has 4 heteroatoms. The average molecular weight is 375 g/mol. The Morgan fingerprint density at radius 3 is 2.05 bits per heavy atom. The van der Waals surface area contributed by atoms with Gasteiger partial charge in [-0.15, -0.1) is 0 Å². The highest BCUT2D eigenvalue weighted by Crippen LogP contribution is 2.29. The van der Waals surface area contributed by atoms with Crippen molar-refractivity contribution in [2.45, 2.75) is 6.18 Å². The Morgan fingerprint density at radius 2 is 1.47 bits per heavy atom. The minimum atomic E-state index is -4.26. The van der Waals surface area contributed by atoms with Gasteiger partial charge in [0, 0.05) is 0 Å². The summed E-state index contributed by atoms with van der Waals surface area (Å²) >= 11 is -0.233. The van der Waals surface area contributed by atoms with Gasteiger partial charge in [0.1, 0.15) is 0 Å². The molecule has 98 valence electrons. The van der Waals surface area contributed by atoms with Gasteiger partial charge in [-0.05, 0) is 35.9 Å². The van der Waals surface area contributed by atoms with E-state index < -0.39 is 11.7 Å². The third-order valence-electron chi connectivity index (χ3n) is 2.42. The molecule has 2 aromatic carbocycles. The van der Waals surface area contributed by atoms with Crippen molar-refractivity contribution in [3.05, 3.63) is 73.4 Å². The predicted octanol–water partition coefficient (Wildman–Crippen LogP) is 1.63. The zero-order valence-electron chi connectivity index (χ0n) is 9.86. The highest BCUT2D eigenvalue weighted by Gasteiger charge is 2.29. The molecule has 0 heterocycles. The first-order valence-corrected chi connectivity index (χ1v) is 7.90. The van der Waals surface area contributed by atoms with Crippen LogP contribution in [0.1, 0.15) is 11.1 Å². The van der Waals surface area contributed by atoms with E-state index in [0.717, 1.165) is 17.7 Å². The first-order chi connectivity index (χ1) is 9.05. The Kier molecular flexibility index (Phi) is 4.63. The summed E-state index contributed by atoms with van der Waals surface area (Å²) in [4.78, 5) is 0. The lowest BCUT2D eigenvalue weighted by molar-refractivity contribution is -0.555. The van der Waals surface area contributed by atoms with Crippen LogP contribution < -0.4 is 21.2 Å². The summed E-state index contributed by atoms with van der Waals surface area (Å²) in [5, 5.41) is 0. The fourth-order valence-corrected chi connectivity index (χ4v) is 3.29. The molecule has 0 fully saturated rings. The summed E-state index contributed by atoms with van der Waals surface area (Å²) in [6.45, 7) is 0. The molecule has 0 aliphatic carbocycles. The number of rotatable bonds is 3. The fourth-order valence-electron chi connectivity index (χ4n) is 1.45. The molecule has 0 nitrogen and oxygen atoms in total. The number of benzene rings is 2. The molecule has 2 rings (SSSR count). The number of hydrogen-bond acceptors (Lipinski definition) is 0. The molecule has 0 amide bonds. The van der Waals surface area contributed by atoms with Gasteiger partial charge < -0.3 is 0 Å². The lowest BCUT2D eigenvalue weighted by Crippen LogP contribution is -3.59. The minimum absolute atomic E-state index is 0.233. The monoisotopic (exact) mass is 375 g/mol. The zero-order chi connectivity index (χ0) is 13.7. The Morgan fingerprint density at radius 1 is 0.842 bits per heavy atom. The SMILES string of the molecule is FC(F)(F)c1ccc(/C=C/[I+]c2ccccc2)cc1. The largest absolute Gasteiger partial charge is 0.416 e. The summed E-state index contributed by atoms with van der Waals surface area (Å²) in [6.07, 6.45) is -2.39. The summed E-state index contributed by atoms with van der Waals surface area (Å²) in [5.41, 5.74) is 0.186. The van der Waals surface area contributed by atoms with Crippen molar-refractivity contribution in [1.82, 2.24) is 0 Å². The van der Waals surface area contributed by atoms with E-state index in [2.05, 4.69) is 16.2 Å². The fraction of sp³-hybridized carbons (Fsp3) is 0.0667. The molecule has 0 unspecified atom stereocenters. The smallest absolute Gasteiger partial charge is 0.166 e. The molecule has 0 atom stereocenters. The van der Waals surface area contributed by atoms with Crippen LogP contribution in [0.5, 0.6) is 0 Å². The van der Waals surface area contributed by atoms with E-state index in [1.165, 1.54) is 15.7 Å². The van der Waals surface area contributed by atoms with Gasteiger partial charge in [-0.2, -0.15) is 13.2 Å². The third kappa shape index (κ3) is 4.38. The summed E-state index contributed by atoms with van der Waals surface area (Å²) in [6, 6.07) is 15.3. The molecule has 0 aliphatic rings. The van der Waals surface area contributed by atoms with Crippen LogP contribution in [0.25, 0.3) is 6.08 Å². The number of hydrogen-bond donors (Lipinski definition) is 0. The van der Waals surface area contributed by atoms with Crippen molar-refractivity contribution in [3.8, 4) is 0 Å². The van der Waals surface area contributed by atoms with E-state index in [0.29, 0.717) is 0 Å². The zero-order valence-corrected chi connectivity index (χ0v) is 12.0. The van der Waals surface area contributed by atoms with Gasteiger partial charge in [0.25, 0.3) is 0 Å². The van der Waals surface area contributed by atoms with Crippen molar-refractivity contribution < 1.29 is 34.4 Å². The molecule has 0 N–H and O–H groups in total. The standard InChI is InChI=1S/C15H11F3I/c16-15(17,18)13-8-6-12(7-9-13)10-11-19-14-4-2-1-3-5-14/h1-11H/q+1/b11-10+. The highest BCUT2D eigenvalue weighted by atomic mass is 127. The van der Waals surface area contributed by atoms with E-state index in [1.807, 2.05) is 24.3 Å². The maximum absolute atomic E-state index is 12.4. The molecular weight excluding hydrogens is 364 g/mol. The molecule has 2 aromatic rings. The second-order valence-electron chi connectivity index (χ2n) is 3.82. The molecule has 0 saturated heterocycles. The average Bonchev–Trinajstić information content (AvgIpc) is 2.39. The van der Waals surface area contributed by atoms with Crippen molar-refractivity contribution in [2.75, 3.05) is 0 Å². The second-order valence-corrected chi connectivity index (χ2v) is 6.40. The quantitative estimate of drug-likeness (QED) is 0.716. The summed E-state index contributed by atoms with van der Waals surface area (Å²) in [5.74, 6) is 0. The van der Waals surface area contributed by atoms with Gasteiger partial charge in [-0.1, -0.05) is 30.3 Å². The first-order valence-electron chi connectivity index (χ1n) is 5.58. The van der Waals surface area contributed by atoms with E-state index in [4.69, 9.17) is 0 Å². The van der Waals surface area contributed by atoms with Gasteiger partial charge in [0.15, 0.2) is 7.65 Å². The van der Waals surface area contributed by atoms with E-state index in [1.54, 1.807) is 0 Å². The minimum Gasteiger partial charge on any atom is -0.166 e. The van der Waals surface area contributed by atoms with Gasteiger partial charge in [0.05, 0.1) is 5.56 Å². The molecule has 0 radical (unpaired) electrons. The van der Waals surface area contributed by atoms with E-state index >= 15 is 0 Å². The molecule has 0 saturated carbocycles. The lowest BCUT2D eigenvalue weighted by Gasteiger charge is -2.05.